The summed E-state index contributed by atoms with van der Waals surface area (Å²) in [5, 5.41) is 10.4. The summed E-state index contributed by atoms with van der Waals surface area (Å²) in [6.07, 6.45) is 0. The molecular formula is C8H9N3O4. The minimum absolute atomic E-state index is 0.323. The molecule has 0 aromatic carbocycles. The van der Waals surface area contributed by atoms with E-state index < -0.39 is 30.6 Å². The van der Waals surface area contributed by atoms with Crippen molar-refractivity contribution in [1.29, 1.82) is 5.26 Å². The average molecular weight is 211 g/mol. The van der Waals surface area contributed by atoms with Gasteiger partial charge < -0.3 is 9.64 Å². The molecule has 0 radical (unpaired) electrons. The molecule has 0 saturated carbocycles. The first-order chi connectivity index (χ1) is 7.04. The number of imide groups is 1. The molecule has 0 aromatic rings. The van der Waals surface area contributed by atoms with Crippen molar-refractivity contribution in [3.05, 3.63) is 0 Å². The predicted molar refractivity (Wildman–Crippen MR) is 46.3 cm³/mol. The molecule has 1 rings (SSSR count). The lowest BCUT2D eigenvalue weighted by molar-refractivity contribution is -0.146. The molecule has 1 unspecified atom stereocenters. The van der Waals surface area contributed by atoms with Crippen molar-refractivity contribution in [3.8, 4) is 6.07 Å². The third-order valence-electron chi connectivity index (χ3n) is 1.68. The largest absolute Gasteiger partial charge is 0.456 e. The molecular weight excluding hydrogens is 202 g/mol. The van der Waals surface area contributed by atoms with E-state index in [0.717, 1.165) is 6.92 Å². The summed E-state index contributed by atoms with van der Waals surface area (Å²) in [6.45, 7) is 0.987. The number of nitrogens with zero attached hydrogens (tertiary/aromatic N) is 2. The van der Waals surface area contributed by atoms with Crippen molar-refractivity contribution in [2.45, 2.75) is 13.0 Å². The van der Waals surface area contributed by atoms with Gasteiger partial charge in [0.1, 0.15) is 6.04 Å². The number of nitrogens with one attached hydrogen (secondary N) is 1. The highest BCUT2D eigenvalue weighted by Crippen LogP contribution is 2.15. The number of rotatable bonds is 2. The van der Waals surface area contributed by atoms with Crippen LogP contribution in [0.15, 0.2) is 0 Å². The molecule has 0 spiro atoms. The molecule has 7 nitrogen and oxygen atoms in total. The summed E-state index contributed by atoms with van der Waals surface area (Å²) in [7, 11) is 0. The van der Waals surface area contributed by atoms with E-state index in [0.29, 0.717) is 6.54 Å². The number of hydrogen-bond acceptors (Lipinski definition) is 5. The van der Waals surface area contributed by atoms with Crippen LogP contribution in [0, 0.1) is 11.3 Å². The van der Waals surface area contributed by atoms with Crippen molar-refractivity contribution >= 4 is 17.9 Å². The van der Waals surface area contributed by atoms with Gasteiger partial charge in [-0.15, -0.1) is 0 Å². The Morgan fingerprint density at radius 2 is 2.27 bits per heavy atom. The van der Waals surface area contributed by atoms with E-state index in [1.807, 2.05) is 11.4 Å². The Morgan fingerprint density at radius 1 is 1.60 bits per heavy atom. The topological polar surface area (TPSA) is 99.3 Å². The second-order valence-electron chi connectivity index (χ2n) is 2.93. The fourth-order valence-corrected chi connectivity index (χ4v) is 0.868. The lowest BCUT2D eigenvalue weighted by Crippen LogP contribution is -2.37. The van der Waals surface area contributed by atoms with Gasteiger partial charge >= 0.3 is 12.0 Å². The van der Waals surface area contributed by atoms with Crippen LogP contribution in [0.2, 0.25) is 0 Å². The number of nitriles is 1. The van der Waals surface area contributed by atoms with Crippen molar-refractivity contribution in [2.24, 2.45) is 0 Å². The van der Waals surface area contributed by atoms with Crippen LogP contribution in [-0.2, 0) is 14.3 Å². The number of carbonyl (C=O) groups excluding carboxylic acids is 3. The number of hydrogen-bond donors (Lipinski definition) is 1. The summed E-state index contributed by atoms with van der Waals surface area (Å²) in [5.41, 5.74) is 0. The van der Waals surface area contributed by atoms with Crippen LogP contribution in [0.4, 0.5) is 4.79 Å². The first-order valence-corrected chi connectivity index (χ1v) is 4.18. The number of carbonyl (C=O) groups is 3. The van der Waals surface area contributed by atoms with Crippen molar-refractivity contribution in [2.75, 3.05) is 13.2 Å². The molecule has 80 valence electrons. The maximum absolute atomic E-state index is 11.1. The van der Waals surface area contributed by atoms with Crippen LogP contribution in [0.3, 0.4) is 0 Å². The molecule has 15 heavy (non-hydrogen) atoms. The number of urea groups is 1. The second-order valence-corrected chi connectivity index (χ2v) is 2.93. The lowest BCUT2D eigenvalue weighted by Gasteiger charge is -2.04. The Bertz CT molecular complexity index is 346. The van der Waals surface area contributed by atoms with Crippen molar-refractivity contribution < 1.29 is 19.1 Å². The molecule has 1 saturated heterocycles. The fourth-order valence-electron chi connectivity index (χ4n) is 0.868. The number of amides is 3. The molecule has 0 aromatic heterocycles. The zero-order chi connectivity index (χ0) is 11.4. The van der Waals surface area contributed by atoms with Gasteiger partial charge in [-0.25, -0.2) is 4.79 Å². The van der Waals surface area contributed by atoms with Gasteiger partial charge in [0.25, 0.3) is 5.91 Å². The highest BCUT2D eigenvalue weighted by molar-refractivity contribution is 5.96. The number of ether oxygens (including phenoxy) is 1. The Hall–Kier alpha value is -2.10. The maximum Gasteiger partial charge on any atom is 0.325 e. The molecule has 1 aliphatic rings. The van der Waals surface area contributed by atoms with Crippen LogP contribution in [0.25, 0.3) is 0 Å². The molecule has 0 aliphatic carbocycles. The van der Waals surface area contributed by atoms with E-state index in [4.69, 9.17) is 5.26 Å². The zero-order valence-corrected chi connectivity index (χ0v) is 8.02. The van der Waals surface area contributed by atoms with Crippen molar-refractivity contribution in [1.82, 2.24) is 10.2 Å². The van der Waals surface area contributed by atoms with Crippen LogP contribution in [0.1, 0.15) is 6.92 Å². The van der Waals surface area contributed by atoms with Crippen LogP contribution in [-0.4, -0.2) is 42.0 Å². The normalized spacial score (nSPS) is 17.6. The van der Waals surface area contributed by atoms with Crippen LogP contribution in [0.5, 0.6) is 0 Å². The Kier molecular flexibility index (Phi) is 3.23. The third-order valence-corrected chi connectivity index (χ3v) is 1.68. The summed E-state index contributed by atoms with van der Waals surface area (Å²) in [6, 6.07) is 0.769. The maximum atomic E-state index is 11.1. The van der Waals surface area contributed by atoms with E-state index >= 15 is 0 Å². The summed E-state index contributed by atoms with van der Waals surface area (Å²) < 4.78 is 4.37. The predicted octanol–water partition coefficient (Wildman–Crippen LogP) is -1.01. The molecule has 1 atom stereocenters. The minimum Gasteiger partial charge on any atom is -0.456 e. The van der Waals surface area contributed by atoms with Gasteiger partial charge in [-0.2, -0.15) is 5.26 Å². The molecule has 1 fully saturated rings. The van der Waals surface area contributed by atoms with Gasteiger partial charge in [0, 0.05) is 6.92 Å². The highest BCUT2D eigenvalue weighted by Gasteiger charge is 2.39. The quantitative estimate of drug-likeness (QED) is 0.466. The van der Waals surface area contributed by atoms with Gasteiger partial charge in [0.05, 0.1) is 12.6 Å². The summed E-state index contributed by atoms with van der Waals surface area (Å²) in [5.74, 6) is -1.31. The van der Waals surface area contributed by atoms with Crippen LogP contribution >= 0.6 is 0 Å². The molecule has 3 amide bonds. The first-order valence-electron chi connectivity index (χ1n) is 4.18. The SMILES string of the molecule is CC(=O)OCC(=O)NC(=O)N1CC1C#N. The first kappa shape index (κ1) is 11.0. The Balaban J connectivity index is 2.24. The fraction of sp³-hybridized carbons (Fsp3) is 0.500. The summed E-state index contributed by atoms with van der Waals surface area (Å²) in [4.78, 5) is 33.6. The second kappa shape index (κ2) is 4.41. The van der Waals surface area contributed by atoms with Gasteiger partial charge in [-0.1, -0.05) is 0 Å². The summed E-state index contributed by atoms with van der Waals surface area (Å²) >= 11 is 0. The third kappa shape index (κ3) is 3.27. The van der Waals surface area contributed by atoms with Crippen LogP contribution < -0.4 is 5.32 Å². The van der Waals surface area contributed by atoms with E-state index in [9.17, 15) is 14.4 Å². The standard InChI is InChI=1S/C8H9N3O4/c1-5(12)15-4-7(13)10-8(14)11-3-6(11)2-9/h6H,3-4H2,1H3,(H,10,13,14). The van der Waals surface area contributed by atoms with Gasteiger partial charge in [0.15, 0.2) is 6.61 Å². The number of esters is 1. The highest BCUT2D eigenvalue weighted by atomic mass is 16.5. The zero-order valence-electron chi connectivity index (χ0n) is 8.02. The molecule has 1 aliphatic heterocycles. The molecule has 7 heteroatoms. The average Bonchev–Trinajstić information content (AvgIpc) is 2.93. The van der Waals surface area contributed by atoms with Crippen molar-refractivity contribution in [3.63, 3.8) is 0 Å². The van der Waals surface area contributed by atoms with E-state index in [1.54, 1.807) is 0 Å². The van der Waals surface area contributed by atoms with E-state index in [2.05, 4.69) is 4.74 Å². The Morgan fingerprint density at radius 3 is 2.73 bits per heavy atom. The van der Waals surface area contributed by atoms with Gasteiger partial charge in [-0.3, -0.25) is 14.9 Å². The smallest absolute Gasteiger partial charge is 0.325 e. The lowest BCUT2D eigenvalue weighted by atomic mass is 10.5. The Labute approximate surface area is 85.6 Å². The van der Waals surface area contributed by atoms with Gasteiger partial charge in [-0.05, 0) is 0 Å². The molecule has 1 N–H and O–H groups in total. The molecule has 1 heterocycles. The van der Waals surface area contributed by atoms with Gasteiger partial charge in [0.2, 0.25) is 0 Å². The van der Waals surface area contributed by atoms with E-state index in [1.165, 1.54) is 4.90 Å². The molecule has 0 bridgehead atoms. The van der Waals surface area contributed by atoms with E-state index in [-0.39, 0.29) is 0 Å². The minimum atomic E-state index is -0.709. The monoisotopic (exact) mass is 211 g/mol.